The van der Waals surface area contributed by atoms with Gasteiger partial charge in [-0.15, -0.1) is 0 Å². The molecule has 34 heavy (non-hydrogen) atoms. The lowest BCUT2D eigenvalue weighted by Gasteiger charge is -2.08. The molecule has 4 rings (SSSR count). The minimum Gasteiger partial charge on any atom is -0.489 e. The number of hydrogen-bond donors (Lipinski definition) is 2. The van der Waals surface area contributed by atoms with Crippen molar-refractivity contribution in [1.82, 2.24) is 5.43 Å². The first-order valence-corrected chi connectivity index (χ1v) is 10.9. The maximum absolute atomic E-state index is 12.0. The van der Waals surface area contributed by atoms with Gasteiger partial charge in [-0.05, 0) is 89.3 Å². The molecule has 6 heteroatoms. The normalized spacial score (nSPS) is 10.9. The summed E-state index contributed by atoms with van der Waals surface area (Å²) < 4.78 is 5.88. The van der Waals surface area contributed by atoms with Gasteiger partial charge in [0.15, 0.2) is 0 Å². The molecule has 170 valence electrons. The highest BCUT2D eigenvalue weighted by molar-refractivity contribution is 6.39. The Kier molecular flexibility index (Phi) is 6.98. The molecule has 0 bridgehead atoms. The van der Waals surface area contributed by atoms with Gasteiger partial charge in [0.25, 0.3) is 0 Å². The van der Waals surface area contributed by atoms with Crippen LogP contribution in [0.4, 0.5) is 5.69 Å². The van der Waals surface area contributed by atoms with Gasteiger partial charge in [0.05, 0.1) is 6.21 Å². The zero-order chi connectivity index (χ0) is 23.9. The van der Waals surface area contributed by atoms with E-state index in [0.29, 0.717) is 12.3 Å². The van der Waals surface area contributed by atoms with Gasteiger partial charge < -0.3 is 10.1 Å². The number of ether oxygens (including phenoxy) is 1. The summed E-state index contributed by atoms with van der Waals surface area (Å²) in [5.74, 6) is -0.898. The molecule has 0 fully saturated rings. The summed E-state index contributed by atoms with van der Waals surface area (Å²) in [6.07, 6.45) is 1.47. The summed E-state index contributed by atoms with van der Waals surface area (Å²) in [6.45, 7) is 4.38. The first-order chi connectivity index (χ1) is 16.5. The highest BCUT2D eigenvalue weighted by atomic mass is 16.5. The molecule has 0 aromatic heterocycles. The minimum atomic E-state index is -0.843. The molecule has 0 aliphatic rings. The van der Waals surface area contributed by atoms with Gasteiger partial charge in [-0.3, -0.25) is 9.59 Å². The molecule has 0 aliphatic heterocycles. The van der Waals surface area contributed by atoms with Crippen molar-refractivity contribution in [3.8, 4) is 5.75 Å². The quantitative estimate of drug-likeness (QED) is 0.242. The zero-order valence-corrected chi connectivity index (χ0v) is 19.0. The number of hydrogen-bond acceptors (Lipinski definition) is 4. The highest BCUT2D eigenvalue weighted by Crippen LogP contribution is 2.18. The lowest BCUT2D eigenvalue weighted by molar-refractivity contribution is -0.136. The molecular formula is C28H25N3O3. The van der Waals surface area contributed by atoms with E-state index < -0.39 is 11.8 Å². The van der Waals surface area contributed by atoms with Crippen LogP contribution in [0, 0.1) is 13.8 Å². The van der Waals surface area contributed by atoms with Crippen molar-refractivity contribution in [3.05, 3.63) is 107 Å². The molecule has 6 nitrogen and oxygen atoms in total. The van der Waals surface area contributed by atoms with E-state index in [1.165, 1.54) is 17.0 Å². The Hall–Kier alpha value is -4.45. The summed E-state index contributed by atoms with van der Waals surface area (Å²) in [6, 6.07) is 27.2. The predicted molar refractivity (Wildman–Crippen MR) is 135 cm³/mol. The molecule has 0 saturated carbocycles. The maximum Gasteiger partial charge on any atom is 0.329 e. The summed E-state index contributed by atoms with van der Waals surface area (Å²) in [7, 11) is 0. The monoisotopic (exact) mass is 451 g/mol. The first-order valence-electron chi connectivity index (χ1n) is 10.9. The summed E-state index contributed by atoms with van der Waals surface area (Å²) >= 11 is 0. The van der Waals surface area contributed by atoms with Gasteiger partial charge in [0.2, 0.25) is 0 Å². The van der Waals surface area contributed by atoms with E-state index in [4.69, 9.17) is 4.74 Å². The first kappa shape index (κ1) is 22.7. The van der Waals surface area contributed by atoms with E-state index in [9.17, 15) is 9.59 Å². The second-order valence-electron chi connectivity index (χ2n) is 7.99. The molecule has 0 unspecified atom stereocenters. The Labute approximate surface area is 198 Å². The second kappa shape index (κ2) is 10.4. The molecular weight excluding hydrogens is 426 g/mol. The Bertz CT molecular complexity index is 1360. The van der Waals surface area contributed by atoms with Crippen molar-refractivity contribution in [2.24, 2.45) is 5.10 Å². The molecule has 2 amide bonds. The number of anilines is 1. The van der Waals surface area contributed by atoms with Crippen LogP contribution in [0.3, 0.4) is 0 Å². The molecule has 0 saturated heterocycles. The number of aryl methyl sites for hydroxylation is 2. The van der Waals surface area contributed by atoms with Crippen LogP contribution in [0.2, 0.25) is 0 Å². The van der Waals surface area contributed by atoms with Crippen LogP contribution in [-0.4, -0.2) is 18.0 Å². The van der Waals surface area contributed by atoms with E-state index in [2.05, 4.69) is 46.2 Å². The third-order valence-electron chi connectivity index (χ3n) is 5.45. The largest absolute Gasteiger partial charge is 0.489 e. The number of rotatable bonds is 6. The molecule has 0 heterocycles. The van der Waals surface area contributed by atoms with E-state index in [0.717, 1.165) is 28.0 Å². The standard InChI is InChI=1S/C28H25N3O3/c1-19-7-12-25(15-20(19)2)30-27(32)28(33)31-29-17-21-9-13-26(14-10-21)34-18-22-8-11-23-5-3-4-6-24(23)16-22/h3-17H,18H2,1-2H3,(H,30,32)(H,31,33)/b29-17+. The van der Waals surface area contributed by atoms with Crippen LogP contribution < -0.4 is 15.5 Å². The van der Waals surface area contributed by atoms with E-state index in [-0.39, 0.29) is 0 Å². The number of hydrazone groups is 1. The fraction of sp³-hybridized carbons (Fsp3) is 0.107. The highest BCUT2D eigenvalue weighted by Gasteiger charge is 2.13. The summed E-state index contributed by atoms with van der Waals surface area (Å²) in [5.41, 5.74) is 6.79. The molecule has 0 spiro atoms. The van der Waals surface area contributed by atoms with Crippen molar-refractivity contribution in [2.75, 3.05) is 5.32 Å². The Morgan fingerprint density at radius 3 is 2.35 bits per heavy atom. The molecule has 0 radical (unpaired) electrons. The third kappa shape index (κ3) is 5.86. The van der Waals surface area contributed by atoms with Crippen molar-refractivity contribution >= 4 is 34.5 Å². The van der Waals surface area contributed by atoms with Crippen molar-refractivity contribution in [3.63, 3.8) is 0 Å². The van der Waals surface area contributed by atoms with Crippen LogP contribution >= 0.6 is 0 Å². The fourth-order valence-corrected chi connectivity index (χ4v) is 3.37. The van der Waals surface area contributed by atoms with Gasteiger partial charge in [-0.1, -0.05) is 42.5 Å². The Morgan fingerprint density at radius 1 is 0.824 bits per heavy atom. The average Bonchev–Trinajstić information content (AvgIpc) is 2.85. The minimum absolute atomic E-state index is 0.462. The smallest absolute Gasteiger partial charge is 0.329 e. The third-order valence-corrected chi connectivity index (χ3v) is 5.45. The molecule has 4 aromatic rings. The summed E-state index contributed by atoms with van der Waals surface area (Å²) in [4.78, 5) is 24.0. The number of benzene rings is 4. The van der Waals surface area contributed by atoms with Crippen LogP contribution in [0.25, 0.3) is 10.8 Å². The second-order valence-corrected chi connectivity index (χ2v) is 7.99. The number of carbonyl (C=O) groups is 2. The van der Waals surface area contributed by atoms with Gasteiger partial charge in [-0.2, -0.15) is 5.10 Å². The van der Waals surface area contributed by atoms with E-state index in [1.54, 1.807) is 6.07 Å². The number of carbonyl (C=O) groups excluding carboxylic acids is 2. The molecule has 0 aliphatic carbocycles. The zero-order valence-electron chi connectivity index (χ0n) is 19.0. The number of fused-ring (bicyclic) bond motifs is 1. The van der Waals surface area contributed by atoms with Crippen molar-refractivity contribution < 1.29 is 14.3 Å². The Balaban J connectivity index is 1.26. The lowest BCUT2D eigenvalue weighted by Crippen LogP contribution is -2.32. The van der Waals surface area contributed by atoms with E-state index in [1.807, 2.05) is 62.4 Å². The summed E-state index contributed by atoms with van der Waals surface area (Å²) in [5, 5.41) is 8.80. The van der Waals surface area contributed by atoms with Gasteiger partial charge in [0, 0.05) is 5.69 Å². The number of nitrogens with zero attached hydrogens (tertiary/aromatic N) is 1. The van der Waals surface area contributed by atoms with Crippen molar-refractivity contribution in [2.45, 2.75) is 20.5 Å². The van der Waals surface area contributed by atoms with Crippen LogP contribution in [0.5, 0.6) is 5.75 Å². The van der Waals surface area contributed by atoms with Crippen LogP contribution in [0.1, 0.15) is 22.3 Å². The van der Waals surface area contributed by atoms with Crippen LogP contribution in [-0.2, 0) is 16.2 Å². The van der Waals surface area contributed by atoms with Crippen LogP contribution in [0.15, 0.2) is 90.0 Å². The van der Waals surface area contributed by atoms with E-state index >= 15 is 0 Å². The topological polar surface area (TPSA) is 79.8 Å². The van der Waals surface area contributed by atoms with Gasteiger partial charge in [-0.25, -0.2) is 5.43 Å². The molecule has 0 atom stereocenters. The Morgan fingerprint density at radius 2 is 1.59 bits per heavy atom. The predicted octanol–water partition coefficient (Wildman–Crippen LogP) is 5.12. The maximum atomic E-state index is 12.0. The fourth-order valence-electron chi connectivity index (χ4n) is 3.37. The van der Waals surface area contributed by atoms with Gasteiger partial charge in [0.1, 0.15) is 12.4 Å². The SMILES string of the molecule is Cc1ccc(NC(=O)C(=O)N/N=C/c2ccc(OCc3ccc4ccccc4c3)cc2)cc1C. The number of nitrogens with one attached hydrogen (secondary N) is 2. The molecule has 2 N–H and O–H groups in total. The molecule has 4 aromatic carbocycles. The van der Waals surface area contributed by atoms with Crippen molar-refractivity contribution in [1.29, 1.82) is 0 Å². The van der Waals surface area contributed by atoms with Gasteiger partial charge >= 0.3 is 11.8 Å². The lowest BCUT2D eigenvalue weighted by atomic mass is 10.1. The number of amides is 2. The average molecular weight is 452 g/mol.